The maximum atomic E-state index is 12.7. The van der Waals surface area contributed by atoms with Gasteiger partial charge in [0.2, 0.25) is 0 Å². The van der Waals surface area contributed by atoms with Gasteiger partial charge in [-0.25, -0.2) is 4.39 Å². The second-order valence-electron chi connectivity index (χ2n) is 3.78. The van der Waals surface area contributed by atoms with E-state index in [1.165, 1.54) is 23.5 Å². The molecule has 0 N–H and O–H groups in total. The Hall–Kier alpha value is -1.75. The summed E-state index contributed by atoms with van der Waals surface area (Å²) in [4.78, 5) is 17.0. The molecule has 3 nitrogen and oxygen atoms in total. The van der Waals surface area contributed by atoms with Crippen LogP contribution in [0.4, 0.5) is 4.39 Å². The van der Waals surface area contributed by atoms with Crippen molar-refractivity contribution in [1.29, 1.82) is 0 Å². The van der Waals surface area contributed by atoms with Gasteiger partial charge in [0, 0.05) is 6.54 Å². The average Bonchev–Trinajstić information content (AvgIpc) is 2.87. The van der Waals surface area contributed by atoms with Crippen LogP contribution in [0.1, 0.15) is 5.56 Å². The molecule has 1 aliphatic rings. The number of aromatic nitrogens is 1. The minimum absolute atomic E-state index is 0.00410. The Labute approximate surface area is 100 Å². The Bertz CT molecular complexity index is 727. The molecule has 3 rings (SSSR count). The van der Waals surface area contributed by atoms with Crippen LogP contribution in [0.3, 0.4) is 0 Å². The molecule has 0 spiro atoms. The van der Waals surface area contributed by atoms with Crippen molar-refractivity contribution < 1.29 is 4.39 Å². The third-order valence-corrected chi connectivity index (χ3v) is 3.67. The highest BCUT2D eigenvalue weighted by atomic mass is 32.1. The third-order valence-electron chi connectivity index (χ3n) is 2.63. The number of nitrogens with zero attached hydrogens (tertiary/aromatic N) is 2. The molecule has 0 aliphatic carbocycles. The molecule has 0 unspecified atom stereocenters. The highest BCUT2D eigenvalue weighted by Crippen LogP contribution is 2.02. The number of benzene rings is 1. The Kier molecular flexibility index (Phi) is 2.40. The number of thiazole rings is 1. The largest absolute Gasteiger partial charge is 0.282 e. The van der Waals surface area contributed by atoms with Crippen molar-refractivity contribution in [3.05, 3.63) is 55.3 Å². The summed E-state index contributed by atoms with van der Waals surface area (Å²) in [6.07, 6.45) is 1.77. The van der Waals surface area contributed by atoms with Crippen molar-refractivity contribution in [2.45, 2.75) is 6.54 Å². The van der Waals surface area contributed by atoms with Gasteiger partial charge in [-0.15, -0.1) is 0 Å². The lowest BCUT2D eigenvalue weighted by atomic mass is 10.2. The summed E-state index contributed by atoms with van der Waals surface area (Å²) in [6, 6.07) is 6.08. The first-order valence-electron chi connectivity index (χ1n) is 5.25. The number of hydrogen-bond acceptors (Lipinski definition) is 3. The first kappa shape index (κ1) is 10.4. The second kappa shape index (κ2) is 3.92. The summed E-state index contributed by atoms with van der Waals surface area (Å²) >= 11 is 1.38. The maximum Gasteiger partial charge on any atom is 0.270 e. The molecule has 2 heterocycles. The van der Waals surface area contributed by atoms with Crippen LogP contribution >= 0.6 is 11.3 Å². The quantitative estimate of drug-likeness (QED) is 0.724. The molecule has 17 heavy (non-hydrogen) atoms. The molecule has 0 atom stereocenters. The predicted molar refractivity (Wildman–Crippen MR) is 64.2 cm³/mol. The smallest absolute Gasteiger partial charge is 0.270 e. The molecule has 0 saturated heterocycles. The Morgan fingerprint density at radius 1 is 1.35 bits per heavy atom. The Balaban J connectivity index is 2.17. The van der Waals surface area contributed by atoms with E-state index in [2.05, 4.69) is 4.99 Å². The standard InChI is InChI=1S/C12H9FN2OS/c13-9-3-1-8(2-4-9)7-10-11(16)15-6-5-14-12(15)17-10/h1-4,7H,5-6H2/b10-7-. The average molecular weight is 248 g/mol. The molecule has 0 radical (unpaired) electrons. The number of fused-ring (bicyclic) bond motifs is 1. The molecule has 0 fully saturated rings. The van der Waals surface area contributed by atoms with E-state index in [0.717, 1.165) is 10.4 Å². The van der Waals surface area contributed by atoms with E-state index in [1.54, 1.807) is 22.8 Å². The van der Waals surface area contributed by atoms with E-state index in [1.807, 2.05) is 0 Å². The van der Waals surface area contributed by atoms with Crippen LogP contribution in [0.2, 0.25) is 0 Å². The summed E-state index contributed by atoms with van der Waals surface area (Å²) in [7, 11) is 0. The van der Waals surface area contributed by atoms with Gasteiger partial charge in [-0.3, -0.25) is 14.4 Å². The van der Waals surface area contributed by atoms with Crippen LogP contribution in [0.5, 0.6) is 0 Å². The van der Waals surface area contributed by atoms with Crippen LogP contribution in [0.15, 0.2) is 34.1 Å². The van der Waals surface area contributed by atoms with E-state index in [4.69, 9.17) is 0 Å². The normalized spacial score (nSPS) is 14.8. The summed E-state index contributed by atoms with van der Waals surface area (Å²) in [5.74, 6) is -0.275. The monoisotopic (exact) mass is 248 g/mol. The van der Waals surface area contributed by atoms with Crippen molar-refractivity contribution in [2.75, 3.05) is 6.54 Å². The summed E-state index contributed by atoms with van der Waals surface area (Å²) < 4.78 is 15.1. The second-order valence-corrected chi connectivity index (χ2v) is 4.79. The Morgan fingerprint density at radius 3 is 2.82 bits per heavy atom. The zero-order valence-electron chi connectivity index (χ0n) is 8.89. The maximum absolute atomic E-state index is 12.7. The van der Waals surface area contributed by atoms with Crippen LogP contribution < -0.4 is 14.9 Å². The molecule has 1 aromatic heterocycles. The minimum atomic E-state index is -0.275. The zero-order chi connectivity index (χ0) is 11.8. The van der Waals surface area contributed by atoms with Crippen molar-refractivity contribution in [2.24, 2.45) is 4.99 Å². The number of halogens is 1. The van der Waals surface area contributed by atoms with Crippen LogP contribution in [-0.2, 0) is 6.54 Å². The predicted octanol–water partition coefficient (Wildman–Crippen LogP) is 0.511. The Morgan fingerprint density at radius 2 is 2.12 bits per heavy atom. The van der Waals surface area contributed by atoms with E-state index in [9.17, 15) is 9.18 Å². The first-order valence-corrected chi connectivity index (χ1v) is 6.07. The van der Waals surface area contributed by atoms with Gasteiger partial charge in [0.15, 0.2) is 4.80 Å². The van der Waals surface area contributed by atoms with Gasteiger partial charge < -0.3 is 0 Å². The molecule has 0 bridgehead atoms. The lowest BCUT2D eigenvalue weighted by Crippen LogP contribution is -2.29. The van der Waals surface area contributed by atoms with E-state index >= 15 is 0 Å². The fraction of sp³-hybridized carbons (Fsp3) is 0.167. The van der Waals surface area contributed by atoms with Gasteiger partial charge in [-0.05, 0) is 23.8 Å². The molecule has 5 heteroatoms. The molecule has 0 saturated carbocycles. The lowest BCUT2D eigenvalue weighted by molar-refractivity contribution is 0.628. The highest BCUT2D eigenvalue weighted by Gasteiger charge is 2.09. The van der Waals surface area contributed by atoms with Gasteiger partial charge >= 0.3 is 0 Å². The van der Waals surface area contributed by atoms with Gasteiger partial charge in [-0.2, -0.15) is 0 Å². The molecule has 1 aliphatic heterocycles. The molecule has 1 aromatic carbocycles. The van der Waals surface area contributed by atoms with Crippen LogP contribution in [-0.4, -0.2) is 11.1 Å². The first-order chi connectivity index (χ1) is 8.24. The zero-order valence-corrected chi connectivity index (χ0v) is 9.71. The minimum Gasteiger partial charge on any atom is -0.282 e. The van der Waals surface area contributed by atoms with Crippen molar-refractivity contribution in [3.8, 4) is 0 Å². The lowest BCUT2D eigenvalue weighted by Gasteiger charge is -1.91. The summed E-state index contributed by atoms with van der Waals surface area (Å²) in [6.45, 7) is 1.36. The van der Waals surface area contributed by atoms with Gasteiger partial charge in [0.25, 0.3) is 5.56 Å². The topological polar surface area (TPSA) is 34.4 Å². The number of hydrogen-bond donors (Lipinski definition) is 0. The van der Waals surface area contributed by atoms with Crippen LogP contribution in [0, 0.1) is 5.82 Å². The molecule has 0 amide bonds. The van der Waals surface area contributed by atoms with Gasteiger partial charge in [0.1, 0.15) is 5.82 Å². The van der Waals surface area contributed by atoms with Crippen molar-refractivity contribution in [3.63, 3.8) is 0 Å². The van der Waals surface area contributed by atoms with Crippen molar-refractivity contribution >= 4 is 17.4 Å². The van der Waals surface area contributed by atoms with Gasteiger partial charge in [-0.1, -0.05) is 23.5 Å². The SMILES string of the molecule is O=c1/c(=C/c2ccc(F)cc2)sc2n1CCN=2. The molecular formula is C12H9FN2OS. The summed E-state index contributed by atoms with van der Waals surface area (Å²) in [5, 5.41) is 0. The van der Waals surface area contributed by atoms with Gasteiger partial charge in [0.05, 0.1) is 11.1 Å². The van der Waals surface area contributed by atoms with E-state index in [0.29, 0.717) is 17.6 Å². The number of rotatable bonds is 1. The molecule has 2 aromatic rings. The van der Waals surface area contributed by atoms with Crippen molar-refractivity contribution in [1.82, 2.24) is 4.57 Å². The van der Waals surface area contributed by atoms with Crippen LogP contribution in [0.25, 0.3) is 6.08 Å². The molecule has 86 valence electrons. The third kappa shape index (κ3) is 1.82. The van der Waals surface area contributed by atoms with E-state index in [-0.39, 0.29) is 11.4 Å². The highest BCUT2D eigenvalue weighted by molar-refractivity contribution is 7.07. The fourth-order valence-electron chi connectivity index (χ4n) is 1.78. The summed E-state index contributed by atoms with van der Waals surface area (Å²) in [5.41, 5.74) is 0.819. The van der Waals surface area contributed by atoms with E-state index < -0.39 is 0 Å². The molecular weight excluding hydrogens is 239 g/mol. The fourth-order valence-corrected chi connectivity index (χ4v) is 2.81.